The molecule has 1 aromatic carbocycles. The van der Waals surface area contributed by atoms with Crippen molar-refractivity contribution in [2.75, 3.05) is 26.4 Å². The molecule has 5 nitrogen and oxygen atoms in total. The predicted octanol–water partition coefficient (Wildman–Crippen LogP) is 2.18. The Labute approximate surface area is 131 Å². The van der Waals surface area contributed by atoms with Crippen LogP contribution in [0.5, 0.6) is 5.75 Å². The molecule has 1 fully saturated rings. The lowest BCUT2D eigenvalue weighted by Gasteiger charge is -2.22. The van der Waals surface area contributed by atoms with E-state index in [9.17, 15) is 4.79 Å². The molecule has 22 heavy (non-hydrogen) atoms. The van der Waals surface area contributed by atoms with Crippen molar-refractivity contribution in [3.8, 4) is 5.75 Å². The summed E-state index contributed by atoms with van der Waals surface area (Å²) in [6, 6.07) is 9.05. The van der Waals surface area contributed by atoms with Gasteiger partial charge < -0.3 is 19.3 Å². The van der Waals surface area contributed by atoms with Gasteiger partial charge in [0.25, 0.3) is 0 Å². The van der Waals surface area contributed by atoms with Crippen molar-refractivity contribution >= 4 is 5.97 Å². The third-order valence-corrected chi connectivity index (χ3v) is 3.78. The number of para-hydroxylation sites is 1. The Morgan fingerprint density at radius 1 is 1.14 bits per heavy atom. The first kappa shape index (κ1) is 16.9. The molecule has 1 saturated carbocycles. The molecular formula is C17H24O5. The van der Waals surface area contributed by atoms with Crippen molar-refractivity contribution in [3.05, 3.63) is 30.3 Å². The van der Waals surface area contributed by atoms with Gasteiger partial charge >= 0.3 is 5.97 Å². The number of hydrogen-bond donors (Lipinski definition) is 1. The van der Waals surface area contributed by atoms with Crippen molar-refractivity contribution in [1.82, 2.24) is 0 Å². The van der Waals surface area contributed by atoms with Crippen LogP contribution in [0.25, 0.3) is 0 Å². The van der Waals surface area contributed by atoms with Crippen LogP contribution in [0, 0.1) is 5.92 Å². The zero-order valence-corrected chi connectivity index (χ0v) is 12.8. The van der Waals surface area contributed by atoms with Crippen LogP contribution >= 0.6 is 0 Å². The molecule has 0 aliphatic heterocycles. The Kier molecular flexibility index (Phi) is 7.36. The molecule has 1 aromatic rings. The summed E-state index contributed by atoms with van der Waals surface area (Å²) in [7, 11) is 0. The van der Waals surface area contributed by atoms with Crippen molar-refractivity contribution < 1.29 is 24.1 Å². The van der Waals surface area contributed by atoms with E-state index in [0.717, 1.165) is 25.7 Å². The molecule has 1 atom stereocenters. The van der Waals surface area contributed by atoms with Crippen LogP contribution in [0.3, 0.4) is 0 Å². The quantitative estimate of drug-likeness (QED) is 0.430. The fourth-order valence-electron chi connectivity index (χ4n) is 2.72. The maximum Gasteiger partial charge on any atom is 0.340 e. The third kappa shape index (κ3) is 5.40. The summed E-state index contributed by atoms with van der Waals surface area (Å²) in [6.45, 7) is 0.960. The van der Waals surface area contributed by atoms with Gasteiger partial charge in [0, 0.05) is 0 Å². The lowest BCUT2D eigenvalue weighted by Crippen LogP contribution is -2.35. The molecule has 1 N–H and O–H groups in total. The number of aliphatic hydroxyl groups is 1. The zero-order valence-electron chi connectivity index (χ0n) is 12.8. The molecule has 0 amide bonds. The van der Waals surface area contributed by atoms with E-state index in [4.69, 9.17) is 19.3 Å². The topological polar surface area (TPSA) is 65.0 Å². The van der Waals surface area contributed by atoms with Crippen LogP contribution < -0.4 is 4.74 Å². The predicted molar refractivity (Wildman–Crippen MR) is 81.7 cm³/mol. The number of aliphatic hydroxyl groups excluding tert-OH is 1. The molecule has 0 spiro atoms. The highest BCUT2D eigenvalue weighted by Crippen LogP contribution is 2.30. The molecule has 0 saturated heterocycles. The largest absolute Gasteiger partial charge is 0.425 e. The van der Waals surface area contributed by atoms with Gasteiger partial charge in [-0.15, -0.1) is 0 Å². The van der Waals surface area contributed by atoms with E-state index in [0.29, 0.717) is 19.0 Å². The van der Waals surface area contributed by atoms with Gasteiger partial charge in [-0.25, -0.2) is 4.79 Å². The monoisotopic (exact) mass is 308 g/mol. The van der Waals surface area contributed by atoms with Gasteiger partial charge in [0.05, 0.1) is 26.4 Å². The fraction of sp³-hybridized carbons (Fsp3) is 0.588. The summed E-state index contributed by atoms with van der Waals surface area (Å²) in [6.07, 6.45) is 3.70. The van der Waals surface area contributed by atoms with Gasteiger partial charge in [0.1, 0.15) is 5.75 Å². The number of benzene rings is 1. The second-order valence-corrected chi connectivity index (χ2v) is 5.41. The number of ether oxygens (including phenoxy) is 3. The SMILES string of the molecule is O=C(Oc1ccccc1)C(OCCOCCO)C1CCCC1. The molecule has 122 valence electrons. The van der Waals surface area contributed by atoms with Crippen molar-refractivity contribution in [1.29, 1.82) is 0 Å². The standard InChI is InChI=1S/C17H24O5/c18-10-11-20-12-13-21-16(14-6-4-5-7-14)17(19)22-15-8-2-1-3-9-15/h1-3,8-9,14,16,18H,4-7,10-13H2. The van der Waals surface area contributed by atoms with Gasteiger partial charge in [-0.1, -0.05) is 31.0 Å². The molecule has 0 aromatic heterocycles. The first-order valence-corrected chi connectivity index (χ1v) is 7.88. The molecule has 1 aliphatic carbocycles. The zero-order chi connectivity index (χ0) is 15.6. The Morgan fingerprint density at radius 2 is 1.86 bits per heavy atom. The summed E-state index contributed by atoms with van der Waals surface area (Å²) in [5.41, 5.74) is 0. The maximum atomic E-state index is 12.4. The number of esters is 1. The van der Waals surface area contributed by atoms with Crippen LogP contribution in [0.2, 0.25) is 0 Å². The highest BCUT2D eigenvalue weighted by Gasteiger charge is 2.33. The molecule has 0 heterocycles. The smallest absolute Gasteiger partial charge is 0.340 e. The molecular weight excluding hydrogens is 284 g/mol. The van der Waals surface area contributed by atoms with Crippen molar-refractivity contribution in [2.24, 2.45) is 5.92 Å². The average molecular weight is 308 g/mol. The Morgan fingerprint density at radius 3 is 2.55 bits per heavy atom. The minimum atomic E-state index is -0.541. The summed E-state index contributed by atoms with van der Waals surface area (Å²) in [5, 5.41) is 8.66. The summed E-state index contributed by atoms with van der Waals surface area (Å²) in [4.78, 5) is 12.4. The highest BCUT2D eigenvalue weighted by atomic mass is 16.6. The number of hydrogen-bond acceptors (Lipinski definition) is 5. The summed E-state index contributed by atoms with van der Waals surface area (Å²) >= 11 is 0. The molecule has 0 bridgehead atoms. The number of carbonyl (C=O) groups excluding carboxylic acids is 1. The first-order valence-electron chi connectivity index (χ1n) is 7.88. The molecule has 1 aliphatic rings. The average Bonchev–Trinajstić information content (AvgIpc) is 3.05. The van der Waals surface area contributed by atoms with Gasteiger partial charge in [0.15, 0.2) is 6.10 Å². The van der Waals surface area contributed by atoms with E-state index in [1.165, 1.54) is 0 Å². The van der Waals surface area contributed by atoms with E-state index < -0.39 is 6.10 Å². The van der Waals surface area contributed by atoms with Crippen LogP contribution in [-0.4, -0.2) is 43.6 Å². The normalized spacial score (nSPS) is 16.6. The lowest BCUT2D eigenvalue weighted by atomic mass is 10.0. The minimum Gasteiger partial charge on any atom is -0.425 e. The van der Waals surface area contributed by atoms with E-state index in [2.05, 4.69) is 0 Å². The van der Waals surface area contributed by atoms with Crippen LogP contribution in [0.4, 0.5) is 0 Å². The second-order valence-electron chi connectivity index (χ2n) is 5.41. The van der Waals surface area contributed by atoms with Gasteiger partial charge in [-0.3, -0.25) is 0 Å². The number of carbonyl (C=O) groups is 1. The molecule has 0 radical (unpaired) electrons. The van der Waals surface area contributed by atoms with Gasteiger partial charge in [-0.05, 0) is 30.9 Å². The van der Waals surface area contributed by atoms with E-state index in [1.54, 1.807) is 12.1 Å². The van der Waals surface area contributed by atoms with Gasteiger partial charge in [0.2, 0.25) is 0 Å². The molecule has 5 heteroatoms. The summed E-state index contributed by atoms with van der Waals surface area (Å²) < 4.78 is 16.3. The first-order chi connectivity index (χ1) is 10.8. The van der Waals surface area contributed by atoms with Crippen molar-refractivity contribution in [2.45, 2.75) is 31.8 Å². The lowest BCUT2D eigenvalue weighted by molar-refractivity contribution is -0.152. The van der Waals surface area contributed by atoms with Crippen LogP contribution in [-0.2, 0) is 14.3 Å². The molecule has 1 unspecified atom stereocenters. The highest BCUT2D eigenvalue weighted by molar-refractivity contribution is 5.77. The maximum absolute atomic E-state index is 12.4. The van der Waals surface area contributed by atoms with Gasteiger partial charge in [-0.2, -0.15) is 0 Å². The van der Waals surface area contributed by atoms with E-state index in [1.807, 2.05) is 18.2 Å². The molecule has 2 rings (SSSR count). The Bertz CT molecular complexity index is 428. The number of rotatable bonds is 9. The third-order valence-electron chi connectivity index (χ3n) is 3.78. The Hall–Kier alpha value is -1.43. The fourth-order valence-corrected chi connectivity index (χ4v) is 2.72. The second kappa shape index (κ2) is 9.56. The Balaban J connectivity index is 1.87. The summed E-state index contributed by atoms with van der Waals surface area (Å²) in [5.74, 6) is 0.421. The van der Waals surface area contributed by atoms with Crippen LogP contribution in [0.15, 0.2) is 30.3 Å². The van der Waals surface area contributed by atoms with E-state index >= 15 is 0 Å². The minimum absolute atomic E-state index is 0.0118. The van der Waals surface area contributed by atoms with Crippen molar-refractivity contribution in [3.63, 3.8) is 0 Å². The van der Waals surface area contributed by atoms with Crippen LogP contribution in [0.1, 0.15) is 25.7 Å². The van der Waals surface area contributed by atoms with E-state index in [-0.39, 0.29) is 25.1 Å².